The molecule has 2 aromatic heterocycles. The van der Waals surface area contributed by atoms with Gasteiger partial charge in [0, 0.05) is 60.6 Å². The van der Waals surface area contributed by atoms with E-state index in [0.29, 0.717) is 30.4 Å². The van der Waals surface area contributed by atoms with Crippen LogP contribution in [0, 0.1) is 5.82 Å². The van der Waals surface area contributed by atoms with Crippen molar-refractivity contribution in [2.24, 2.45) is 0 Å². The summed E-state index contributed by atoms with van der Waals surface area (Å²) in [7, 11) is 0. The molecule has 1 aliphatic rings. The lowest BCUT2D eigenvalue weighted by molar-refractivity contribution is -0.140. The van der Waals surface area contributed by atoms with Gasteiger partial charge in [-0.3, -0.25) is 14.5 Å². The van der Waals surface area contributed by atoms with Gasteiger partial charge in [-0.25, -0.2) is 4.39 Å². The van der Waals surface area contributed by atoms with Crippen molar-refractivity contribution in [3.63, 3.8) is 0 Å². The largest absolute Gasteiger partial charge is 0.416 e. The van der Waals surface area contributed by atoms with Crippen LogP contribution in [-0.2, 0) is 28.7 Å². The summed E-state index contributed by atoms with van der Waals surface area (Å²) in [4.78, 5) is 37.6. The van der Waals surface area contributed by atoms with Crippen molar-refractivity contribution < 1.29 is 27.2 Å². The first kappa shape index (κ1) is 30.1. The van der Waals surface area contributed by atoms with E-state index < -0.39 is 41.6 Å². The first-order valence-corrected chi connectivity index (χ1v) is 14.5. The second-order valence-electron chi connectivity index (χ2n) is 11.2. The van der Waals surface area contributed by atoms with Crippen LogP contribution < -0.4 is 10.2 Å². The van der Waals surface area contributed by atoms with Crippen molar-refractivity contribution >= 4 is 39.3 Å². The average Bonchev–Trinajstić information content (AvgIpc) is 3.63. The minimum Gasteiger partial charge on any atom is -0.361 e. The SMILES string of the molecule is CC(=O)NC(Cc1c[nH]c2ccccc12)(C(=O)N(Cc1ccccc1C(F)(F)F)c1c[nH]c2ccc(F)cc12)N1CC=CCC1. The summed E-state index contributed by atoms with van der Waals surface area (Å²) in [5.74, 6) is -1.71. The Morgan fingerprint density at radius 3 is 2.40 bits per heavy atom. The zero-order chi connectivity index (χ0) is 31.8. The highest BCUT2D eigenvalue weighted by Crippen LogP contribution is 2.37. The first-order chi connectivity index (χ1) is 21.6. The molecule has 0 radical (unpaired) electrons. The predicted molar refractivity (Wildman–Crippen MR) is 165 cm³/mol. The highest BCUT2D eigenvalue weighted by atomic mass is 19.4. The van der Waals surface area contributed by atoms with Gasteiger partial charge in [0.15, 0.2) is 5.66 Å². The Morgan fingerprint density at radius 1 is 0.911 bits per heavy atom. The minimum absolute atomic E-state index is 0.0113. The zero-order valence-corrected chi connectivity index (χ0v) is 24.4. The summed E-state index contributed by atoms with van der Waals surface area (Å²) in [5.41, 5.74) is -0.501. The number of rotatable bonds is 8. The molecular formula is C34H31F4N5O2. The maximum Gasteiger partial charge on any atom is 0.416 e. The Hall–Kier alpha value is -4.90. The third kappa shape index (κ3) is 5.83. The molecule has 1 atom stereocenters. The molecule has 0 saturated carbocycles. The number of anilines is 1. The van der Waals surface area contributed by atoms with Gasteiger partial charge in [0.05, 0.1) is 17.8 Å². The zero-order valence-electron chi connectivity index (χ0n) is 24.4. The highest BCUT2D eigenvalue weighted by molar-refractivity contribution is 6.08. The fraction of sp³-hybridized carbons (Fsp3) is 0.235. The Balaban J connectivity index is 1.57. The molecule has 11 heteroatoms. The molecule has 0 aliphatic carbocycles. The molecule has 7 nitrogen and oxygen atoms in total. The topological polar surface area (TPSA) is 84.2 Å². The van der Waals surface area contributed by atoms with E-state index in [2.05, 4.69) is 15.3 Å². The van der Waals surface area contributed by atoms with Crippen LogP contribution in [0.4, 0.5) is 23.2 Å². The molecular weight excluding hydrogens is 586 g/mol. The second kappa shape index (κ2) is 11.9. The number of hydrogen-bond acceptors (Lipinski definition) is 3. The lowest BCUT2D eigenvalue weighted by Gasteiger charge is -2.46. The van der Waals surface area contributed by atoms with Gasteiger partial charge < -0.3 is 20.2 Å². The monoisotopic (exact) mass is 617 g/mol. The Labute approximate surface area is 256 Å². The van der Waals surface area contributed by atoms with E-state index in [9.17, 15) is 22.4 Å². The van der Waals surface area contributed by atoms with E-state index in [4.69, 9.17) is 0 Å². The number of halogens is 4. The number of para-hydroxylation sites is 1. The van der Waals surface area contributed by atoms with Crippen molar-refractivity contribution in [3.05, 3.63) is 114 Å². The number of carbonyl (C=O) groups is 2. The van der Waals surface area contributed by atoms with Crippen LogP contribution in [0.2, 0.25) is 0 Å². The number of fused-ring (bicyclic) bond motifs is 2. The minimum atomic E-state index is -4.69. The number of aromatic nitrogens is 2. The molecule has 3 N–H and O–H groups in total. The number of nitrogens with one attached hydrogen (secondary N) is 3. The number of H-pyrrole nitrogens is 2. The standard InChI is InChI=1S/C34H31F4N5O2/c1-22(44)41-33(42-15-7-2-8-16-42,18-24-19-39-29-12-6-4-10-26(24)29)32(45)43(21-23-9-3-5-11-28(23)34(36,37)38)31-20-40-30-14-13-25(35)17-27(30)31/h2-7,9-14,17,19-20,39-40H,8,15-16,18,21H2,1H3,(H,41,44). The quantitative estimate of drug-likeness (QED) is 0.134. The molecule has 1 aliphatic heterocycles. The number of amides is 2. The van der Waals surface area contributed by atoms with Gasteiger partial charge in [0.25, 0.3) is 5.91 Å². The van der Waals surface area contributed by atoms with E-state index in [-0.39, 0.29) is 17.7 Å². The third-order valence-corrected chi connectivity index (χ3v) is 8.26. The van der Waals surface area contributed by atoms with Gasteiger partial charge in [0.2, 0.25) is 5.91 Å². The first-order valence-electron chi connectivity index (χ1n) is 14.5. The molecule has 0 saturated heterocycles. The lowest BCUT2D eigenvalue weighted by atomic mass is 9.93. The predicted octanol–water partition coefficient (Wildman–Crippen LogP) is 6.68. The van der Waals surface area contributed by atoms with Crippen LogP contribution in [0.1, 0.15) is 30.0 Å². The summed E-state index contributed by atoms with van der Waals surface area (Å²) in [6.45, 7) is 1.53. The third-order valence-electron chi connectivity index (χ3n) is 8.26. The van der Waals surface area contributed by atoms with Gasteiger partial charge in [-0.15, -0.1) is 0 Å². The summed E-state index contributed by atoms with van der Waals surface area (Å²) in [5, 5.41) is 4.10. The summed E-state index contributed by atoms with van der Waals surface area (Å²) < 4.78 is 57.2. The van der Waals surface area contributed by atoms with Crippen molar-refractivity contribution in [1.82, 2.24) is 20.2 Å². The Bertz CT molecular complexity index is 1910. The highest BCUT2D eigenvalue weighted by Gasteiger charge is 2.49. The van der Waals surface area contributed by atoms with E-state index in [0.717, 1.165) is 22.5 Å². The maximum absolute atomic E-state index is 15.3. The molecule has 2 amide bonds. The molecule has 5 aromatic rings. The van der Waals surface area contributed by atoms with Crippen LogP contribution in [0.3, 0.4) is 0 Å². The lowest BCUT2D eigenvalue weighted by Crippen LogP contribution is -2.70. The fourth-order valence-electron chi connectivity index (χ4n) is 6.23. The summed E-state index contributed by atoms with van der Waals surface area (Å²) in [6.07, 6.45) is 3.05. The van der Waals surface area contributed by atoms with E-state index in [1.54, 1.807) is 6.20 Å². The Kier molecular flexibility index (Phi) is 7.96. The van der Waals surface area contributed by atoms with E-state index in [1.165, 1.54) is 54.4 Å². The average molecular weight is 618 g/mol. The number of alkyl halides is 3. The number of aromatic amines is 2. The van der Waals surface area contributed by atoms with Gasteiger partial charge in [-0.1, -0.05) is 48.6 Å². The molecule has 0 fully saturated rings. The molecule has 0 bridgehead atoms. The fourth-order valence-corrected chi connectivity index (χ4v) is 6.23. The molecule has 232 valence electrons. The number of carbonyl (C=O) groups excluding carboxylic acids is 2. The van der Waals surface area contributed by atoms with Gasteiger partial charge >= 0.3 is 6.18 Å². The molecule has 0 spiro atoms. The number of nitrogens with zero attached hydrogens (tertiary/aromatic N) is 2. The molecule has 3 aromatic carbocycles. The van der Waals surface area contributed by atoms with E-state index in [1.807, 2.05) is 41.3 Å². The molecule has 45 heavy (non-hydrogen) atoms. The molecule has 6 rings (SSSR count). The van der Waals surface area contributed by atoms with Crippen LogP contribution in [0.25, 0.3) is 21.8 Å². The normalized spacial score (nSPS) is 15.3. The van der Waals surface area contributed by atoms with Crippen LogP contribution >= 0.6 is 0 Å². The van der Waals surface area contributed by atoms with Gasteiger partial charge in [-0.2, -0.15) is 13.2 Å². The maximum atomic E-state index is 15.3. The van der Waals surface area contributed by atoms with Gasteiger partial charge in [-0.05, 0) is 47.9 Å². The van der Waals surface area contributed by atoms with Crippen molar-refractivity contribution in [1.29, 1.82) is 0 Å². The van der Waals surface area contributed by atoms with Crippen molar-refractivity contribution in [3.8, 4) is 0 Å². The van der Waals surface area contributed by atoms with Gasteiger partial charge in [0.1, 0.15) is 5.82 Å². The van der Waals surface area contributed by atoms with Crippen LogP contribution in [0.5, 0.6) is 0 Å². The second-order valence-corrected chi connectivity index (χ2v) is 11.2. The number of benzene rings is 3. The molecule has 3 heterocycles. The smallest absolute Gasteiger partial charge is 0.361 e. The van der Waals surface area contributed by atoms with Crippen LogP contribution in [-0.4, -0.2) is 45.4 Å². The van der Waals surface area contributed by atoms with Crippen molar-refractivity contribution in [2.75, 3.05) is 18.0 Å². The summed E-state index contributed by atoms with van der Waals surface area (Å²) >= 11 is 0. The van der Waals surface area contributed by atoms with Crippen molar-refractivity contribution in [2.45, 2.75) is 38.1 Å². The number of hydrogen-bond donors (Lipinski definition) is 3. The summed E-state index contributed by atoms with van der Waals surface area (Å²) in [6, 6.07) is 16.6. The van der Waals surface area contributed by atoms with Crippen LogP contribution in [0.15, 0.2) is 91.3 Å². The molecule has 1 unspecified atom stereocenters. The van der Waals surface area contributed by atoms with E-state index >= 15 is 4.79 Å². The Morgan fingerprint density at radius 2 is 1.64 bits per heavy atom.